The third kappa shape index (κ3) is 5.95. The molecule has 4 heteroatoms. The van der Waals surface area contributed by atoms with E-state index in [4.69, 9.17) is 17.0 Å². The predicted octanol–water partition coefficient (Wildman–Crippen LogP) is 2.02. The summed E-state index contributed by atoms with van der Waals surface area (Å²) in [5, 5.41) is 4.12. The Labute approximate surface area is 99.2 Å². The van der Waals surface area contributed by atoms with E-state index >= 15 is 0 Å². The van der Waals surface area contributed by atoms with Gasteiger partial charge in [-0.25, -0.2) is 0 Å². The second kappa shape index (κ2) is 8.92. The summed E-state index contributed by atoms with van der Waals surface area (Å²) >= 11 is 5.34. The van der Waals surface area contributed by atoms with Crippen molar-refractivity contribution < 1.29 is 4.74 Å². The monoisotopic (exact) mass is 232 g/mol. The maximum atomic E-state index is 5.34. The molecule has 1 atom stereocenters. The van der Waals surface area contributed by atoms with E-state index < -0.39 is 0 Å². The summed E-state index contributed by atoms with van der Waals surface area (Å²) < 4.78 is 4.98. The van der Waals surface area contributed by atoms with Crippen molar-refractivity contribution in [2.24, 2.45) is 0 Å². The normalized spacial score (nSPS) is 12.3. The van der Waals surface area contributed by atoms with E-state index in [1.54, 1.807) is 7.11 Å². The number of nitrogens with one attached hydrogen (secondary N) is 1. The minimum Gasteiger partial charge on any atom is -0.385 e. The zero-order chi connectivity index (χ0) is 11.7. The summed E-state index contributed by atoms with van der Waals surface area (Å²) in [6.45, 7) is 9.15. The van der Waals surface area contributed by atoms with Crippen LogP contribution in [0.3, 0.4) is 0 Å². The van der Waals surface area contributed by atoms with E-state index in [-0.39, 0.29) is 0 Å². The fraction of sp³-hybridized carbons (Fsp3) is 0.909. The zero-order valence-electron chi connectivity index (χ0n) is 10.4. The molecule has 1 unspecified atom stereocenters. The molecule has 0 rings (SSSR count). The zero-order valence-corrected chi connectivity index (χ0v) is 11.2. The number of ether oxygens (including phenoxy) is 1. The Hall–Kier alpha value is -0.350. The van der Waals surface area contributed by atoms with Crippen LogP contribution in [-0.2, 0) is 4.74 Å². The molecule has 0 aromatic heterocycles. The van der Waals surface area contributed by atoms with Gasteiger partial charge in [0.25, 0.3) is 0 Å². The van der Waals surface area contributed by atoms with E-state index in [2.05, 4.69) is 31.0 Å². The van der Waals surface area contributed by atoms with Crippen molar-refractivity contribution in [3.8, 4) is 0 Å². The molecule has 0 amide bonds. The first-order valence-corrected chi connectivity index (χ1v) is 6.11. The van der Waals surface area contributed by atoms with Gasteiger partial charge in [0, 0.05) is 32.8 Å². The highest BCUT2D eigenvalue weighted by atomic mass is 32.1. The molecule has 15 heavy (non-hydrogen) atoms. The van der Waals surface area contributed by atoms with Gasteiger partial charge in [0.05, 0.1) is 0 Å². The van der Waals surface area contributed by atoms with Crippen molar-refractivity contribution in [2.45, 2.75) is 39.7 Å². The molecule has 0 heterocycles. The summed E-state index contributed by atoms with van der Waals surface area (Å²) in [7, 11) is 1.72. The molecule has 0 aromatic rings. The first-order valence-electron chi connectivity index (χ1n) is 5.70. The van der Waals surface area contributed by atoms with Crippen molar-refractivity contribution >= 4 is 17.3 Å². The second-order valence-corrected chi connectivity index (χ2v) is 4.01. The number of rotatable bonds is 7. The molecule has 0 aliphatic heterocycles. The van der Waals surface area contributed by atoms with Crippen LogP contribution in [0.1, 0.15) is 33.6 Å². The van der Waals surface area contributed by atoms with Gasteiger partial charge >= 0.3 is 0 Å². The van der Waals surface area contributed by atoms with Crippen LogP contribution in [-0.4, -0.2) is 42.9 Å². The van der Waals surface area contributed by atoms with Crippen LogP contribution in [0.4, 0.5) is 0 Å². The standard InChI is InChI=1S/C11H24N2OS/c1-5-10(3)13(6-2)11(15)12-8-7-9-14-4/h10H,5-9H2,1-4H3,(H,12,15). The highest BCUT2D eigenvalue weighted by Crippen LogP contribution is 2.03. The van der Waals surface area contributed by atoms with Crippen LogP contribution in [0, 0.1) is 0 Å². The average Bonchev–Trinajstić information content (AvgIpc) is 2.25. The van der Waals surface area contributed by atoms with E-state index in [1.165, 1.54) is 0 Å². The molecule has 0 saturated heterocycles. The Morgan fingerprint density at radius 1 is 1.47 bits per heavy atom. The highest BCUT2D eigenvalue weighted by Gasteiger charge is 2.12. The first kappa shape index (κ1) is 14.6. The van der Waals surface area contributed by atoms with Gasteiger partial charge in [0.15, 0.2) is 5.11 Å². The minimum atomic E-state index is 0.512. The molecular formula is C11H24N2OS. The molecule has 0 fully saturated rings. The molecule has 3 nitrogen and oxygen atoms in total. The number of hydrogen-bond donors (Lipinski definition) is 1. The lowest BCUT2D eigenvalue weighted by atomic mass is 10.2. The number of nitrogens with zero attached hydrogens (tertiary/aromatic N) is 1. The van der Waals surface area contributed by atoms with Gasteiger partial charge in [0.2, 0.25) is 0 Å². The van der Waals surface area contributed by atoms with Gasteiger partial charge in [-0.3, -0.25) is 0 Å². The van der Waals surface area contributed by atoms with Crippen molar-refractivity contribution in [3.63, 3.8) is 0 Å². The van der Waals surface area contributed by atoms with E-state index in [1.807, 2.05) is 0 Å². The predicted molar refractivity (Wildman–Crippen MR) is 69.2 cm³/mol. The molecule has 90 valence electrons. The molecule has 1 N–H and O–H groups in total. The highest BCUT2D eigenvalue weighted by molar-refractivity contribution is 7.80. The van der Waals surface area contributed by atoms with Gasteiger partial charge in [-0.2, -0.15) is 0 Å². The minimum absolute atomic E-state index is 0.512. The first-order chi connectivity index (χ1) is 7.17. The third-order valence-electron chi connectivity index (χ3n) is 2.53. The van der Waals surface area contributed by atoms with Crippen molar-refractivity contribution in [3.05, 3.63) is 0 Å². The molecule has 0 aromatic carbocycles. The van der Waals surface area contributed by atoms with Crippen molar-refractivity contribution in [2.75, 3.05) is 26.8 Å². The third-order valence-corrected chi connectivity index (χ3v) is 2.90. The summed E-state index contributed by atoms with van der Waals surface area (Å²) in [5.74, 6) is 0. The molecule has 0 spiro atoms. The Balaban J connectivity index is 3.83. The molecule has 0 aliphatic carbocycles. The maximum absolute atomic E-state index is 5.34. The van der Waals surface area contributed by atoms with E-state index in [9.17, 15) is 0 Å². The van der Waals surface area contributed by atoms with Crippen LogP contribution in [0.2, 0.25) is 0 Å². The van der Waals surface area contributed by atoms with Crippen LogP contribution >= 0.6 is 12.2 Å². The van der Waals surface area contributed by atoms with Crippen LogP contribution in [0.25, 0.3) is 0 Å². The Morgan fingerprint density at radius 2 is 2.13 bits per heavy atom. The van der Waals surface area contributed by atoms with Gasteiger partial charge in [0.1, 0.15) is 0 Å². The van der Waals surface area contributed by atoms with Gasteiger partial charge in [-0.1, -0.05) is 6.92 Å². The summed E-state index contributed by atoms with van der Waals surface area (Å²) in [6.07, 6.45) is 2.11. The SMILES string of the molecule is CCC(C)N(CC)C(=S)NCCCOC. The molecule has 0 aliphatic rings. The summed E-state index contributed by atoms with van der Waals surface area (Å²) in [6, 6.07) is 0.512. The topological polar surface area (TPSA) is 24.5 Å². The molecular weight excluding hydrogens is 208 g/mol. The fourth-order valence-corrected chi connectivity index (χ4v) is 1.80. The van der Waals surface area contributed by atoms with Crippen LogP contribution < -0.4 is 5.32 Å². The van der Waals surface area contributed by atoms with Gasteiger partial charge < -0.3 is 15.0 Å². The van der Waals surface area contributed by atoms with Crippen molar-refractivity contribution in [1.29, 1.82) is 0 Å². The lowest BCUT2D eigenvalue weighted by Gasteiger charge is -2.30. The maximum Gasteiger partial charge on any atom is 0.169 e. The van der Waals surface area contributed by atoms with Gasteiger partial charge in [-0.05, 0) is 38.9 Å². The van der Waals surface area contributed by atoms with E-state index in [0.717, 1.165) is 37.7 Å². The molecule has 0 radical (unpaired) electrons. The Morgan fingerprint density at radius 3 is 2.60 bits per heavy atom. The summed E-state index contributed by atoms with van der Waals surface area (Å²) in [4.78, 5) is 2.22. The average molecular weight is 232 g/mol. The molecule has 0 bridgehead atoms. The van der Waals surface area contributed by atoms with Crippen molar-refractivity contribution in [1.82, 2.24) is 10.2 Å². The lowest BCUT2D eigenvalue weighted by molar-refractivity contribution is 0.195. The lowest BCUT2D eigenvalue weighted by Crippen LogP contribution is -2.44. The van der Waals surface area contributed by atoms with E-state index in [0.29, 0.717) is 6.04 Å². The fourth-order valence-electron chi connectivity index (χ4n) is 1.39. The quantitative estimate of drug-likeness (QED) is 0.536. The van der Waals surface area contributed by atoms with Crippen LogP contribution in [0.15, 0.2) is 0 Å². The smallest absolute Gasteiger partial charge is 0.169 e. The number of methoxy groups -OCH3 is 1. The molecule has 0 saturated carbocycles. The Kier molecular flexibility index (Phi) is 8.71. The second-order valence-electron chi connectivity index (χ2n) is 3.62. The van der Waals surface area contributed by atoms with Crippen LogP contribution in [0.5, 0.6) is 0 Å². The van der Waals surface area contributed by atoms with Gasteiger partial charge in [-0.15, -0.1) is 0 Å². The largest absolute Gasteiger partial charge is 0.385 e. The Bertz CT molecular complexity index is 176. The number of thiocarbonyl (C=S) groups is 1. The number of hydrogen-bond acceptors (Lipinski definition) is 2. The summed E-state index contributed by atoms with van der Waals surface area (Å²) in [5.41, 5.74) is 0.